The number of nitrogens with zero attached hydrogens (tertiary/aromatic N) is 4. The van der Waals surface area contributed by atoms with Gasteiger partial charge in [-0.15, -0.1) is 0 Å². The SMILES string of the molecule is CCOc1nc(N)nc2ccc(-c3ccc(C(N)=O)cc3)cc12.Nc1nc(O[C@H]2CCOC2)c2cc(-c3ccc(C(=O)NC4CC4)cc3)ccc2n1. The van der Waals surface area contributed by atoms with Crippen LogP contribution in [0.2, 0.25) is 0 Å². The molecule has 52 heavy (non-hydrogen) atoms. The molecule has 13 nitrogen and oxygen atoms in total. The number of primary amides is 1. The summed E-state index contributed by atoms with van der Waals surface area (Å²) in [4.78, 5) is 40.3. The van der Waals surface area contributed by atoms with Gasteiger partial charge in [-0.2, -0.15) is 9.97 Å². The summed E-state index contributed by atoms with van der Waals surface area (Å²) in [6, 6.07) is 26.7. The number of carbonyl (C=O) groups excluding carboxylic acids is 2. The predicted octanol–water partition coefficient (Wildman–Crippen LogP) is 5.32. The highest BCUT2D eigenvalue weighted by Gasteiger charge is 2.24. The van der Waals surface area contributed by atoms with Crippen LogP contribution in [0, 0.1) is 0 Å². The van der Waals surface area contributed by atoms with Gasteiger partial charge >= 0.3 is 0 Å². The van der Waals surface area contributed by atoms with Crippen LogP contribution in [0.15, 0.2) is 84.9 Å². The van der Waals surface area contributed by atoms with Crippen molar-refractivity contribution in [1.29, 1.82) is 0 Å². The van der Waals surface area contributed by atoms with E-state index in [1.165, 1.54) is 0 Å². The molecule has 2 fully saturated rings. The van der Waals surface area contributed by atoms with Gasteiger partial charge in [0.1, 0.15) is 6.10 Å². The topological polar surface area (TPSA) is 203 Å². The number of hydrogen-bond donors (Lipinski definition) is 4. The molecule has 1 atom stereocenters. The first-order valence-electron chi connectivity index (χ1n) is 17.1. The van der Waals surface area contributed by atoms with Gasteiger partial charge in [0, 0.05) is 23.6 Å². The molecule has 4 aromatic carbocycles. The van der Waals surface area contributed by atoms with Gasteiger partial charge in [0.25, 0.3) is 5.91 Å². The largest absolute Gasteiger partial charge is 0.477 e. The van der Waals surface area contributed by atoms with Crippen molar-refractivity contribution < 1.29 is 23.8 Å². The summed E-state index contributed by atoms with van der Waals surface area (Å²) < 4.78 is 17.0. The number of anilines is 2. The standard InChI is InChI=1S/C22H22N4O3.C17H16N4O2/c23-22-25-19-8-5-15(11-18(19)21(26-22)29-17-9-10-28-12-17)13-1-3-14(4-2-13)20(27)24-16-6-7-16;1-2-23-16-13-9-12(7-8-14(13)20-17(19)21-16)10-3-5-11(6-4-10)15(18)22/h1-5,8,11,16-17H,6-7,9-10,12H2,(H,24,27)(H2,23,25,26);3-9H,2H2,1H3,(H2,18,22)(H2,19,20,21)/t17-;/m0./s1. The molecule has 0 spiro atoms. The molecule has 0 unspecified atom stereocenters. The number of aromatic nitrogens is 4. The zero-order chi connectivity index (χ0) is 36.2. The molecule has 2 amide bonds. The van der Waals surface area contributed by atoms with E-state index in [0.29, 0.717) is 48.7 Å². The van der Waals surface area contributed by atoms with Crippen molar-refractivity contribution in [3.8, 4) is 34.0 Å². The van der Waals surface area contributed by atoms with Gasteiger partial charge < -0.3 is 36.7 Å². The number of benzene rings is 4. The summed E-state index contributed by atoms with van der Waals surface area (Å²) in [5.41, 5.74) is 23.3. The van der Waals surface area contributed by atoms with Gasteiger partial charge in [-0.1, -0.05) is 36.4 Å². The maximum absolute atomic E-state index is 12.2. The summed E-state index contributed by atoms with van der Waals surface area (Å²) in [6.45, 7) is 3.62. The Morgan fingerprint density at radius 3 is 1.79 bits per heavy atom. The fourth-order valence-corrected chi connectivity index (χ4v) is 5.83. The van der Waals surface area contributed by atoms with Crippen molar-refractivity contribution in [2.24, 2.45) is 5.73 Å². The molecule has 13 heteroatoms. The maximum atomic E-state index is 12.2. The van der Waals surface area contributed by atoms with E-state index >= 15 is 0 Å². The van der Waals surface area contributed by atoms with Crippen molar-refractivity contribution in [2.45, 2.75) is 38.3 Å². The minimum atomic E-state index is -0.447. The van der Waals surface area contributed by atoms with E-state index in [2.05, 4.69) is 25.3 Å². The molecular formula is C39H38N8O5. The van der Waals surface area contributed by atoms with E-state index in [-0.39, 0.29) is 23.9 Å². The normalized spacial score (nSPS) is 15.1. The number of hydrogen-bond acceptors (Lipinski definition) is 11. The highest BCUT2D eigenvalue weighted by molar-refractivity contribution is 5.96. The van der Waals surface area contributed by atoms with E-state index in [1.54, 1.807) is 12.1 Å². The molecule has 3 heterocycles. The molecule has 6 aromatic rings. The molecule has 0 radical (unpaired) electrons. The zero-order valence-corrected chi connectivity index (χ0v) is 28.5. The number of rotatable bonds is 9. The van der Waals surface area contributed by atoms with Crippen LogP contribution in [0.1, 0.15) is 46.9 Å². The smallest absolute Gasteiger partial charge is 0.251 e. The minimum Gasteiger partial charge on any atom is -0.477 e. The Morgan fingerprint density at radius 1 is 0.731 bits per heavy atom. The molecular weight excluding hydrogens is 660 g/mol. The summed E-state index contributed by atoms with van der Waals surface area (Å²) in [5, 5.41) is 4.60. The Bertz CT molecular complexity index is 2250. The summed E-state index contributed by atoms with van der Waals surface area (Å²) >= 11 is 0. The second-order valence-corrected chi connectivity index (χ2v) is 12.5. The van der Waals surface area contributed by atoms with Gasteiger partial charge in [0.05, 0.1) is 41.6 Å². The molecule has 1 aliphatic heterocycles. The average Bonchev–Trinajstić information content (AvgIpc) is 3.82. The van der Waals surface area contributed by atoms with Crippen LogP contribution in [0.3, 0.4) is 0 Å². The molecule has 8 rings (SSSR count). The van der Waals surface area contributed by atoms with Gasteiger partial charge in [0.2, 0.25) is 29.6 Å². The van der Waals surface area contributed by atoms with Crippen LogP contribution in [-0.2, 0) is 4.74 Å². The molecule has 7 N–H and O–H groups in total. The van der Waals surface area contributed by atoms with Gasteiger partial charge in [-0.3, -0.25) is 9.59 Å². The number of nitrogens with one attached hydrogen (secondary N) is 1. The third-order valence-electron chi connectivity index (χ3n) is 8.70. The first-order chi connectivity index (χ1) is 25.2. The van der Waals surface area contributed by atoms with Crippen LogP contribution in [0.5, 0.6) is 11.8 Å². The maximum Gasteiger partial charge on any atom is 0.251 e. The number of fused-ring (bicyclic) bond motifs is 2. The lowest BCUT2D eigenvalue weighted by Gasteiger charge is -2.14. The molecule has 264 valence electrons. The molecule has 0 bridgehead atoms. The van der Waals surface area contributed by atoms with Crippen LogP contribution in [-0.4, -0.2) is 63.7 Å². The lowest BCUT2D eigenvalue weighted by molar-refractivity contribution is 0.0949. The summed E-state index contributed by atoms with van der Waals surface area (Å²) in [6.07, 6.45) is 2.95. The van der Waals surface area contributed by atoms with E-state index in [9.17, 15) is 9.59 Å². The Balaban J connectivity index is 0.000000167. The Morgan fingerprint density at radius 2 is 1.27 bits per heavy atom. The second kappa shape index (κ2) is 14.9. The van der Waals surface area contributed by atoms with Crippen LogP contribution in [0.25, 0.3) is 44.1 Å². The summed E-state index contributed by atoms with van der Waals surface area (Å²) in [5.74, 6) is 0.842. The molecule has 1 saturated heterocycles. The number of nitrogen functional groups attached to an aromatic ring is 2. The van der Waals surface area contributed by atoms with Gasteiger partial charge in [0.15, 0.2) is 0 Å². The Hall–Kier alpha value is -6.34. The van der Waals surface area contributed by atoms with E-state index in [4.69, 9.17) is 31.4 Å². The average molecular weight is 699 g/mol. The quantitative estimate of drug-likeness (QED) is 0.152. The first-order valence-corrected chi connectivity index (χ1v) is 17.1. The van der Waals surface area contributed by atoms with E-state index in [1.807, 2.05) is 79.7 Å². The van der Waals surface area contributed by atoms with Crippen molar-refractivity contribution >= 4 is 45.5 Å². The number of ether oxygens (including phenoxy) is 3. The van der Waals surface area contributed by atoms with Crippen LogP contribution in [0.4, 0.5) is 11.9 Å². The highest BCUT2D eigenvalue weighted by Crippen LogP contribution is 2.32. The van der Waals surface area contributed by atoms with Crippen molar-refractivity contribution in [1.82, 2.24) is 25.3 Å². The number of carbonyl (C=O) groups is 2. The van der Waals surface area contributed by atoms with Crippen molar-refractivity contribution in [2.75, 3.05) is 31.3 Å². The number of nitrogens with two attached hydrogens (primary N) is 3. The molecule has 1 aliphatic carbocycles. The Labute approximate surface area is 299 Å². The van der Waals surface area contributed by atoms with Crippen LogP contribution < -0.4 is 32.0 Å². The fraction of sp³-hybridized carbons (Fsp3) is 0.231. The lowest BCUT2D eigenvalue weighted by Crippen LogP contribution is -2.25. The highest BCUT2D eigenvalue weighted by atomic mass is 16.5. The van der Waals surface area contributed by atoms with Crippen molar-refractivity contribution in [3.05, 3.63) is 96.1 Å². The third kappa shape index (κ3) is 7.84. The fourth-order valence-electron chi connectivity index (χ4n) is 5.83. The summed E-state index contributed by atoms with van der Waals surface area (Å²) in [7, 11) is 0. The van der Waals surface area contributed by atoms with Gasteiger partial charge in [-0.25, -0.2) is 9.97 Å². The molecule has 2 aliphatic rings. The lowest BCUT2D eigenvalue weighted by atomic mass is 10.0. The van der Waals surface area contributed by atoms with Crippen LogP contribution >= 0.6 is 0 Å². The predicted molar refractivity (Wildman–Crippen MR) is 199 cm³/mol. The Kier molecular flexibility index (Phi) is 9.76. The molecule has 2 aromatic heterocycles. The number of amides is 2. The second-order valence-electron chi connectivity index (χ2n) is 12.5. The zero-order valence-electron chi connectivity index (χ0n) is 28.5. The van der Waals surface area contributed by atoms with E-state index < -0.39 is 5.91 Å². The first kappa shape index (κ1) is 34.1. The monoisotopic (exact) mass is 698 g/mol. The minimum absolute atomic E-state index is 0.0177. The van der Waals surface area contributed by atoms with E-state index in [0.717, 1.165) is 63.3 Å². The molecule has 1 saturated carbocycles. The third-order valence-corrected chi connectivity index (χ3v) is 8.70. The van der Waals surface area contributed by atoms with Crippen molar-refractivity contribution in [3.63, 3.8) is 0 Å². The van der Waals surface area contributed by atoms with Gasteiger partial charge in [-0.05, 0) is 90.6 Å².